The zero-order chi connectivity index (χ0) is 22.2. The minimum absolute atomic E-state index is 0.164. The van der Waals surface area contributed by atoms with Crippen LogP contribution in [-0.4, -0.2) is 27.8 Å². The fourth-order valence-corrected chi connectivity index (χ4v) is 5.28. The molecule has 0 aliphatic carbocycles. The third-order valence-electron chi connectivity index (χ3n) is 5.53. The molecule has 3 aromatic carbocycles. The van der Waals surface area contributed by atoms with Crippen LogP contribution < -0.4 is 9.80 Å². The van der Waals surface area contributed by atoms with E-state index in [1.54, 1.807) is 12.1 Å². The molecule has 3 aromatic rings. The van der Waals surface area contributed by atoms with Crippen LogP contribution in [0.25, 0.3) is 6.08 Å². The van der Waals surface area contributed by atoms with Crippen molar-refractivity contribution in [1.29, 1.82) is 0 Å². The highest BCUT2D eigenvalue weighted by molar-refractivity contribution is 8.27. The van der Waals surface area contributed by atoms with Crippen LogP contribution in [0.15, 0.2) is 77.7 Å². The molecule has 1 fully saturated rings. The van der Waals surface area contributed by atoms with E-state index in [2.05, 4.69) is 29.2 Å². The number of nitrogens with zero attached hydrogens (tertiary/aromatic N) is 2. The number of hydrogen-bond donors (Lipinski definition) is 1. The van der Waals surface area contributed by atoms with Gasteiger partial charge >= 0.3 is 5.97 Å². The summed E-state index contributed by atoms with van der Waals surface area (Å²) in [5.74, 6) is -1.21. The number of carboxylic acids is 1. The molecular formula is C25H18N2O3S2. The number of fused-ring (bicyclic) bond motifs is 1. The van der Waals surface area contributed by atoms with Gasteiger partial charge in [0.25, 0.3) is 5.91 Å². The number of amides is 1. The summed E-state index contributed by atoms with van der Waals surface area (Å²) in [7, 11) is 0. The number of benzene rings is 3. The fraction of sp³-hybridized carbons (Fsp3) is 0.0800. The van der Waals surface area contributed by atoms with Gasteiger partial charge in [0.15, 0.2) is 4.32 Å². The van der Waals surface area contributed by atoms with Gasteiger partial charge in [0.05, 0.1) is 16.2 Å². The number of para-hydroxylation sites is 1. The number of carbonyl (C=O) groups is 2. The smallest absolute Gasteiger partial charge is 0.335 e. The van der Waals surface area contributed by atoms with E-state index in [9.17, 15) is 9.59 Å². The maximum Gasteiger partial charge on any atom is 0.335 e. The van der Waals surface area contributed by atoms with Crippen molar-refractivity contribution < 1.29 is 14.7 Å². The Balaban J connectivity index is 1.39. The quantitative estimate of drug-likeness (QED) is 0.412. The third kappa shape index (κ3) is 3.70. The molecule has 2 aliphatic heterocycles. The molecule has 32 heavy (non-hydrogen) atoms. The summed E-state index contributed by atoms with van der Waals surface area (Å²) < 4.78 is 0.431. The first-order valence-electron chi connectivity index (χ1n) is 10.1. The van der Waals surface area contributed by atoms with Gasteiger partial charge in [-0.25, -0.2) is 4.79 Å². The Morgan fingerprint density at radius 2 is 1.75 bits per heavy atom. The number of carbonyl (C=O) groups excluding carboxylic acids is 1. The average molecular weight is 459 g/mol. The molecule has 0 radical (unpaired) electrons. The molecule has 0 unspecified atom stereocenters. The predicted molar refractivity (Wildman–Crippen MR) is 133 cm³/mol. The Morgan fingerprint density at radius 3 is 2.47 bits per heavy atom. The average Bonchev–Trinajstić information content (AvgIpc) is 3.34. The topological polar surface area (TPSA) is 60.9 Å². The fourth-order valence-electron chi connectivity index (χ4n) is 3.98. The Hall–Kier alpha value is -3.42. The summed E-state index contributed by atoms with van der Waals surface area (Å²) in [6, 6.07) is 22.7. The van der Waals surface area contributed by atoms with Crippen LogP contribution in [0.5, 0.6) is 0 Å². The number of carboxylic acid groups (broad SMARTS) is 1. The molecule has 0 atom stereocenters. The van der Waals surface area contributed by atoms with Crippen molar-refractivity contribution in [3.63, 3.8) is 0 Å². The number of thiocarbonyl (C=S) groups is 1. The molecule has 158 valence electrons. The van der Waals surface area contributed by atoms with Crippen molar-refractivity contribution in [1.82, 2.24) is 0 Å². The first-order chi connectivity index (χ1) is 15.5. The Labute approximate surface area is 195 Å². The summed E-state index contributed by atoms with van der Waals surface area (Å²) in [6.45, 7) is 0.928. The standard InChI is InChI=1S/C25H18N2O3S2/c28-23-22(32-25(31)27(23)20-9-7-17(8-10-20)24(29)30)15-16-6-11-21-18(14-16)12-13-26(21)19-4-2-1-3-5-19/h1-11,14-15H,12-13H2,(H,29,30)/b22-15+. The molecule has 0 spiro atoms. The van der Waals surface area contributed by atoms with E-state index in [1.807, 2.05) is 30.3 Å². The first-order valence-corrected chi connectivity index (χ1v) is 11.3. The summed E-state index contributed by atoms with van der Waals surface area (Å²) in [6.07, 6.45) is 2.82. The second kappa shape index (κ2) is 8.26. The zero-order valence-corrected chi connectivity index (χ0v) is 18.5. The number of hydrogen-bond acceptors (Lipinski definition) is 5. The van der Waals surface area contributed by atoms with E-state index in [0.717, 1.165) is 18.5 Å². The van der Waals surface area contributed by atoms with Crippen molar-refractivity contribution in [3.05, 3.63) is 94.4 Å². The first kappa shape index (κ1) is 20.5. The van der Waals surface area contributed by atoms with E-state index in [1.165, 1.54) is 45.7 Å². The van der Waals surface area contributed by atoms with Gasteiger partial charge in [0, 0.05) is 17.9 Å². The highest BCUT2D eigenvalue weighted by Crippen LogP contribution is 2.38. The van der Waals surface area contributed by atoms with Gasteiger partial charge in [-0.1, -0.05) is 48.2 Å². The summed E-state index contributed by atoms with van der Waals surface area (Å²) in [5.41, 5.74) is 5.31. The Bertz CT molecular complexity index is 1270. The third-order valence-corrected chi connectivity index (χ3v) is 6.83. The van der Waals surface area contributed by atoms with Gasteiger partial charge in [0.1, 0.15) is 0 Å². The summed E-state index contributed by atoms with van der Waals surface area (Å²) in [4.78, 5) is 28.4. The monoisotopic (exact) mass is 458 g/mol. The largest absolute Gasteiger partial charge is 0.478 e. The lowest BCUT2D eigenvalue weighted by Gasteiger charge is -2.19. The molecular weight excluding hydrogens is 440 g/mol. The van der Waals surface area contributed by atoms with Crippen molar-refractivity contribution in [2.75, 3.05) is 16.3 Å². The molecule has 5 rings (SSSR count). The van der Waals surface area contributed by atoms with E-state index < -0.39 is 5.97 Å². The maximum atomic E-state index is 13.0. The van der Waals surface area contributed by atoms with E-state index in [-0.39, 0.29) is 11.5 Å². The molecule has 2 heterocycles. The Morgan fingerprint density at radius 1 is 1.00 bits per heavy atom. The van der Waals surface area contributed by atoms with Crippen molar-refractivity contribution in [2.45, 2.75) is 6.42 Å². The van der Waals surface area contributed by atoms with Crippen molar-refractivity contribution >= 4 is 63.3 Å². The molecule has 1 N–H and O–H groups in total. The number of rotatable bonds is 4. The van der Waals surface area contributed by atoms with Crippen molar-refractivity contribution in [2.24, 2.45) is 0 Å². The normalized spacial score (nSPS) is 16.7. The second-order valence-corrected chi connectivity index (χ2v) is 9.17. The SMILES string of the molecule is O=C(O)c1ccc(N2C(=O)/C(=C\c3ccc4c(c3)CCN4c3ccccc3)SC2=S)cc1. The highest BCUT2D eigenvalue weighted by Gasteiger charge is 2.33. The van der Waals surface area contributed by atoms with Crippen LogP contribution in [0.3, 0.4) is 0 Å². The van der Waals surface area contributed by atoms with E-state index in [4.69, 9.17) is 17.3 Å². The number of thioether (sulfide) groups is 1. The minimum atomic E-state index is -1.01. The molecule has 1 amide bonds. The molecule has 0 bridgehead atoms. The van der Waals surface area contributed by atoms with Gasteiger partial charge in [-0.3, -0.25) is 9.69 Å². The van der Waals surface area contributed by atoms with Crippen LogP contribution in [0.4, 0.5) is 17.1 Å². The van der Waals surface area contributed by atoms with Crippen LogP contribution in [0.1, 0.15) is 21.5 Å². The van der Waals surface area contributed by atoms with Gasteiger partial charge in [-0.15, -0.1) is 0 Å². The molecule has 5 nitrogen and oxygen atoms in total. The van der Waals surface area contributed by atoms with Gasteiger partial charge in [-0.05, 0) is 72.2 Å². The van der Waals surface area contributed by atoms with Crippen LogP contribution in [0.2, 0.25) is 0 Å². The highest BCUT2D eigenvalue weighted by atomic mass is 32.2. The zero-order valence-electron chi connectivity index (χ0n) is 16.9. The van der Waals surface area contributed by atoms with Crippen molar-refractivity contribution in [3.8, 4) is 0 Å². The van der Waals surface area contributed by atoms with Crippen LogP contribution >= 0.6 is 24.0 Å². The number of anilines is 3. The van der Waals surface area contributed by atoms with Crippen LogP contribution in [-0.2, 0) is 11.2 Å². The molecule has 1 saturated heterocycles. The summed E-state index contributed by atoms with van der Waals surface area (Å²) in [5, 5.41) is 9.08. The predicted octanol–water partition coefficient (Wildman–Crippen LogP) is 5.48. The second-order valence-electron chi connectivity index (χ2n) is 7.49. The molecule has 7 heteroatoms. The lowest BCUT2D eigenvalue weighted by Crippen LogP contribution is -2.27. The lowest BCUT2D eigenvalue weighted by atomic mass is 10.1. The van der Waals surface area contributed by atoms with E-state index >= 15 is 0 Å². The number of aromatic carboxylic acids is 1. The molecule has 2 aliphatic rings. The molecule has 0 saturated carbocycles. The lowest BCUT2D eigenvalue weighted by molar-refractivity contribution is -0.113. The van der Waals surface area contributed by atoms with E-state index in [0.29, 0.717) is 14.9 Å². The Kier molecular flexibility index (Phi) is 5.28. The van der Waals surface area contributed by atoms with Gasteiger partial charge in [-0.2, -0.15) is 0 Å². The summed E-state index contributed by atoms with van der Waals surface area (Å²) >= 11 is 6.69. The molecule has 0 aromatic heterocycles. The minimum Gasteiger partial charge on any atom is -0.478 e. The van der Waals surface area contributed by atoms with Crippen LogP contribution in [0, 0.1) is 0 Å². The van der Waals surface area contributed by atoms with Gasteiger partial charge < -0.3 is 10.0 Å². The van der Waals surface area contributed by atoms with Gasteiger partial charge in [0.2, 0.25) is 0 Å². The maximum absolute atomic E-state index is 13.0.